The van der Waals surface area contributed by atoms with Gasteiger partial charge in [0, 0.05) is 12.0 Å². The Bertz CT molecular complexity index is 441. The molecule has 78 valence electrons. The summed E-state index contributed by atoms with van der Waals surface area (Å²) in [5, 5.41) is 0. The largest absolute Gasteiger partial charge is 0.467 e. The van der Waals surface area contributed by atoms with Gasteiger partial charge in [0.25, 0.3) is 0 Å². The molecule has 0 radical (unpaired) electrons. The Morgan fingerprint density at radius 2 is 2.13 bits per heavy atom. The fourth-order valence-electron chi connectivity index (χ4n) is 1.78. The van der Waals surface area contributed by atoms with Crippen LogP contribution in [0.5, 0.6) is 0 Å². The lowest BCUT2D eigenvalue weighted by Gasteiger charge is -2.15. The van der Waals surface area contributed by atoms with Crippen molar-refractivity contribution in [1.82, 2.24) is 0 Å². The minimum absolute atomic E-state index is 0.205. The van der Waals surface area contributed by atoms with Gasteiger partial charge in [-0.25, -0.2) is 4.79 Å². The zero-order valence-corrected chi connectivity index (χ0v) is 8.88. The van der Waals surface area contributed by atoms with Crippen molar-refractivity contribution in [2.75, 3.05) is 7.11 Å². The Balaban J connectivity index is 2.47. The van der Waals surface area contributed by atoms with E-state index in [0.29, 0.717) is 5.56 Å². The second kappa shape index (κ2) is 3.35. The van der Waals surface area contributed by atoms with Gasteiger partial charge >= 0.3 is 5.97 Å². The Hall–Kier alpha value is -1.35. The standard InChI is InChI=1S/C11H9ClO3/c1-15-10(14)11(12)6-7-4-2-3-5-8(7)9(11)13/h2-5H,6H2,1H3/t11-/m0/s1. The minimum atomic E-state index is -1.56. The van der Waals surface area contributed by atoms with Crippen molar-refractivity contribution in [3.05, 3.63) is 35.4 Å². The molecule has 0 bridgehead atoms. The van der Waals surface area contributed by atoms with Crippen molar-refractivity contribution < 1.29 is 14.3 Å². The summed E-state index contributed by atoms with van der Waals surface area (Å²) in [5.41, 5.74) is 1.31. The molecule has 1 atom stereocenters. The molecule has 1 aliphatic rings. The van der Waals surface area contributed by atoms with Crippen molar-refractivity contribution in [3.8, 4) is 0 Å². The number of benzene rings is 1. The average Bonchev–Trinajstić information content (AvgIpc) is 2.52. The molecule has 1 aromatic rings. The topological polar surface area (TPSA) is 43.4 Å². The lowest BCUT2D eigenvalue weighted by Crippen LogP contribution is -2.39. The van der Waals surface area contributed by atoms with Gasteiger partial charge in [-0.1, -0.05) is 35.9 Å². The van der Waals surface area contributed by atoms with Gasteiger partial charge in [0.05, 0.1) is 7.11 Å². The highest BCUT2D eigenvalue weighted by Crippen LogP contribution is 2.35. The quantitative estimate of drug-likeness (QED) is 0.413. The lowest BCUT2D eigenvalue weighted by atomic mass is 10.0. The van der Waals surface area contributed by atoms with Gasteiger partial charge in [-0.3, -0.25) is 4.79 Å². The van der Waals surface area contributed by atoms with E-state index in [4.69, 9.17) is 11.6 Å². The Kier molecular flexibility index (Phi) is 2.27. The molecule has 1 aromatic carbocycles. The highest BCUT2D eigenvalue weighted by molar-refractivity contribution is 6.49. The molecule has 3 nitrogen and oxygen atoms in total. The van der Waals surface area contributed by atoms with Crippen LogP contribution in [0.1, 0.15) is 15.9 Å². The number of ketones is 1. The molecule has 0 N–H and O–H groups in total. The molecule has 0 saturated carbocycles. The molecular weight excluding hydrogens is 216 g/mol. The van der Waals surface area contributed by atoms with Crippen LogP contribution >= 0.6 is 11.6 Å². The summed E-state index contributed by atoms with van der Waals surface area (Å²) < 4.78 is 4.55. The van der Waals surface area contributed by atoms with E-state index in [1.807, 2.05) is 6.07 Å². The molecule has 0 saturated heterocycles. The zero-order chi connectivity index (χ0) is 11.1. The monoisotopic (exact) mass is 224 g/mol. The van der Waals surface area contributed by atoms with Gasteiger partial charge in [-0.05, 0) is 5.56 Å². The number of carbonyl (C=O) groups excluding carboxylic acids is 2. The predicted molar refractivity (Wildman–Crippen MR) is 55.1 cm³/mol. The van der Waals surface area contributed by atoms with E-state index in [0.717, 1.165) is 5.56 Å². The van der Waals surface area contributed by atoms with Crippen LogP contribution in [0.2, 0.25) is 0 Å². The Labute approximate surface area is 92.0 Å². The molecule has 0 heterocycles. The number of carbonyl (C=O) groups is 2. The molecule has 2 rings (SSSR count). The fraction of sp³-hybridized carbons (Fsp3) is 0.273. The average molecular weight is 225 g/mol. The van der Waals surface area contributed by atoms with Gasteiger partial charge in [-0.2, -0.15) is 0 Å². The number of fused-ring (bicyclic) bond motifs is 1. The molecule has 0 fully saturated rings. The third-order valence-corrected chi connectivity index (χ3v) is 3.02. The Morgan fingerprint density at radius 3 is 2.73 bits per heavy atom. The smallest absolute Gasteiger partial charge is 0.335 e. The number of esters is 1. The Morgan fingerprint density at radius 1 is 1.47 bits per heavy atom. The summed E-state index contributed by atoms with van der Waals surface area (Å²) in [6, 6.07) is 7.02. The van der Waals surface area contributed by atoms with Crippen LogP contribution in [0, 0.1) is 0 Å². The summed E-state index contributed by atoms with van der Waals surface area (Å²) in [7, 11) is 1.22. The molecule has 15 heavy (non-hydrogen) atoms. The predicted octanol–water partition coefficient (Wildman–Crippen LogP) is 1.58. The zero-order valence-electron chi connectivity index (χ0n) is 8.12. The fourth-order valence-corrected chi connectivity index (χ4v) is 2.10. The van der Waals surface area contributed by atoms with E-state index in [2.05, 4.69) is 4.74 Å². The van der Waals surface area contributed by atoms with E-state index in [-0.39, 0.29) is 12.2 Å². The van der Waals surface area contributed by atoms with Gasteiger partial charge in [-0.15, -0.1) is 0 Å². The van der Waals surface area contributed by atoms with E-state index in [1.165, 1.54) is 7.11 Å². The summed E-state index contributed by atoms with van der Waals surface area (Å²) in [6.45, 7) is 0. The third-order valence-electron chi connectivity index (χ3n) is 2.56. The number of ether oxygens (including phenoxy) is 1. The van der Waals surface area contributed by atoms with Crippen LogP contribution in [-0.4, -0.2) is 23.7 Å². The van der Waals surface area contributed by atoms with Gasteiger partial charge in [0.2, 0.25) is 4.87 Å². The van der Waals surface area contributed by atoms with E-state index in [1.54, 1.807) is 18.2 Å². The second-order valence-electron chi connectivity index (χ2n) is 3.46. The van der Waals surface area contributed by atoms with Crippen molar-refractivity contribution in [2.45, 2.75) is 11.3 Å². The SMILES string of the molecule is COC(=O)[C@]1(Cl)Cc2ccccc2C1=O. The van der Waals surface area contributed by atoms with Gasteiger partial charge in [0.1, 0.15) is 0 Å². The second-order valence-corrected chi connectivity index (χ2v) is 4.10. The van der Waals surface area contributed by atoms with Crippen molar-refractivity contribution >= 4 is 23.4 Å². The number of rotatable bonds is 1. The third kappa shape index (κ3) is 1.35. The number of halogens is 1. The number of alkyl halides is 1. The summed E-state index contributed by atoms with van der Waals surface area (Å²) in [4.78, 5) is 21.8. The van der Waals surface area contributed by atoms with E-state index in [9.17, 15) is 9.59 Å². The van der Waals surface area contributed by atoms with Crippen LogP contribution in [0.4, 0.5) is 0 Å². The summed E-state index contributed by atoms with van der Waals surface area (Å²) in [6.07, 6.45) is 0.205. The van der Waals surface area contributed by atoms with E-state index < -0.39 is 10.8 Å². The lowest BCUT2D eigenvalue weighted by molar-refractivity contribution is -0.142. The maximum Gasteiger partial charge on any atom is 0.335 e. The molecule has 0 unspecified atom stereocenters. The summed E-state index contributed by atoms with van der Waals surface area (Å²) in [5.74, 6) is -1.06. The molecule has 0 amide bonds. The van der Waals surface area contributed by atoms with Crippen LogP contribution in [0.15, 0.2) is 24.3 Å². The molecule has 0 spiro atoms. The maximum absolute atomic E-state index is 11.9. The van der Waals surface area contributed by atoms with Crippen LogP contribution < -0.4 is 0 Å². The van der Waals surface area contributed by atoms with Crippen LogP contribution in [0.3, 0.4) is 0 Å². The van der Waals surface area contributed by atoms with Crippen LogP contribution in [0.25, 0.3) is 0 Å². The van der Waals surface area contributed by atoms with Crippen LogP contribution in [-0.2, 0) is 16.0 Å². The molecular formula is C11H9ClO3. The summed E-state index contributed by atoms with van der Waals surface area (Å²) >= 11 is 6.01. The number of Topliss-reactive ketones (excluding diaryl/α,β-unsaturated/α-hetero) is 1. The highest BCUT2D eigenvalue weighted by atomic mass is 35.5. The first-order valence-corrected chi connectivity index (χ1v) is 4.87. The van der Waals surface area contributed by atoms with Crippen molar-refractivity contribution in [3.63, 3.8) is 0 Å². The maximum atomic E-state index is 11.9. The highest BCUT2D eigenvalue weighted by Gasteiger charge is 2.51. The number of hydrogen-bond acceptors (Lipinski definition) is 3. The van der Waals surface area contributed by atoms with Crippen molar-refractivity contribution in [2.24, 2.45) is 0 Å². The molecule has 1 aliphatic carbocycles. The number of hydrogen-bond donors (Lipinski definition) is 0. The normalized spacial score (nSPS) is 23.7. The first-order chi connectivity index (χ1) is 7.09. The number of methoxy groups -OCH3 is 1. The first kappa shape index (κ1) is 10.2. The molecule has 0 aliphatic heterocycles. The van der Waals surface area contributed by atoms with Gasteiger partial charge < -0.3 is 4.74 Å². The van der Waals surface area contributed by atoms with Crippen molar-refractivity contribution in [1.29, 1.82) is 0 Å². The molecule has 0 aromatic heterocycles. The minimum Gasteiger partial charge on any atom is -0.467 e. The molecule has 4 heteroatoms. The van der Waals surface area contributed by atoms with Gasteiger partial charge in [0.15, 0.2) is 5.78 Å². The van der Waals surface area contributed by atoms with E-state index >= 15 is 0 Å². The first-order valence-electron chi connectivity index (χ1n) is 4.49.